The van der Waals surface area contributed by atoms with Crippen molar-refractivity contribution in [2.75, 3.05) is 0 Å². The molecule has 0 saturated heterocycles. The van der Waals surface area contributed by atoms with Crippen LogP contribution in [0.4, 0.5) is 0 Å². The predicted octanol–water partition coefficient (Wildman–Crippen LogP) is 2.86. The Morgan fingerprint density at radius 1 is 1.28 bits per heavy atom. The fourth-order valence-electron chi connectivity index (χ4n) is 2.04. The molecule has 18 heavy (non-hydrogen) atoms. The smallest absolute Gasteiger partial charge is 0.240 e. The Labute approximate surface area is 108 Å². The Kier molecular flexibility index (Phi) is 3.16. The van der Waals surface area contributed by atoms with Gasteiger partial charge < -0.3 is 9.88 Å². The molecule has 0 fully saturated rings. The fourth-order valence-corrected chi connectivity index (χ4v) is 2.04. The molecule has 96 valence electrons. The SMILES string of the molecule is Cc1ccc2ccn(CC(=O)NC(C)(C)C)c2c1. The third-order valence-electron chi connectivity index (χ3n) is 2.76. The van der Waals surface area contributed by atoms with Crippen molar-refractivity contribution in [3.05, 3.63) is 36.0 Å². The lowest BCUT2D eigenvalue weighted by Crippen LogP contribution is -2.42. The molecule has 2 aromatic rings. The van der Waals surface area contributed by atoms with E-state index in [1.54, 1.807) is 0 Å². The third-order valence-corrected chi connectivity index (χ3v) is 2.76. The molecular formula is C15H20N2O. The monoisotopic (exact) mass is 244 g/mol. The number of benzene rings is 1. The molecule has 1 N–H and O–H groups in total. The van der Waals surface area contributed by atoms with Gasteiger partial charge in [0.2, 0.25) is 5.91 Å². The number of carbonyl (C=O) groups excluding carboxylic acids is 1. The first-order valence-electron chi connectivity index (χ1n) is 6.22. The molecule has 0 aliphatic heterocycles. The van der Waals surface area contributed by atoms with Crippen LogP contribution < -0.4 is 5.32 Å². The molecule has 3 nitrogen and oxygen atoms in total. The average molecular weight is 244 g/mol. The number of rotatable bonds is 2. The van der Waals surface area contributed by atoms with Gasteiger partial charge in [0.25, 0.3) is 0 Å². The lowest BCUT2D eigenvalue weighted by atomic mass is 10.1. The first-order chi connectivity index (χ1) is 8.35. The van der Waals surface area contributed by atoms with Crippen LogP contribution in [0.2, 0.25) is 0 Å². The van der Waals surface area contributed by atoms with Crippen molar-refractivity contribution in [3.63, 3.8) is 0 Å². The third kappa shape index (κ3) is 2.92. The van der Waals surface area contributed by atoms with E-state index in [2.05, 4.69) is 30.4 Å². The van der Waals surface area contributed by atoms with Crippen molar-refractivity contribution in [3.8, 4) is 0 Å². The first kappa shape index (κ1) is 12.7. The number of aromatic nitrogens is 1. The second-order valence-electron chi connectivity index (χ2n) is 5.80. The lowest BCUT2D eigenvalue weighted by Gasteiger charge is -2.20. The zero-order valence-electron chi connectivity index (χ0n) is 11.4. The van der Waals surface area contributed by atoms with Gasteiger partial charge in [-0.3, -0.25) is 4.79 Å². The van der Waals surface area contributed by atoms with Gasteiger partial charge in [-0.25, -0.2) is 0 Å². The van der Waals surface area contributed by atoms with E-state index in [-0.39, 0.29) is 11.4 Å². The van der Waals surface area contributed by atoms with Crippen molar-refractivity contribution in [2.24, 2.45) is 0 Å². The van der Waals surface area contributed by atoms with Crippen LogP contribution in [-0.4, -0.2) is 16.0 Å². The van der Waals surface area contributed by atoms with Gasteiger partial charge >= 0.3 is 0 Å². The average Bonchev–Trinajstić information content (AvgIpc) is 2.58. The molecule has 1 aromatic carbocycles. The number of fused-ring (bicyclic) bond motifs is 1. The maximum atomic E-state index is 11.9. The number of aryl methyl sites for hydroxylation is 1. The van der Waals surface area contributed by atoms with E-state index in [1.165, 1.54) is 10.9 Å². The molecular weight excluding hydrogens is 224 g/mol. The molecule has 0 aliphatic carbocycles. The molecule has 0 unspecified atom stereocenters. The van der Waals surface area contributed by atoms with Crippen LogP contribution in [0.25, 0.3) is 10.9 Å². The van der Waals surface area contributed by atoms with E-state index >= 15 is 0 Å². The Balaban J connectivity index is 2.22. The van der Waals surface area contributed by atoms with E-state index in [9.17, 15) is 4.79 Å². The largest absolute Gasteiger partial charge is 0.350 e. The minimum Gasteiger partial charge on any atom is -0.350 e. The number of nitrogens with zero attached hydrogens (tertiary/aromatic N) is 1. The van der Waals surface area contributed by atoms with Gasteiger partial charge in [-0.05, 0) is 50.8 Å². The summed E-state index contributed by atoms with van der Waals surface area (Å²) in [7, 11) is 0. The van der Waals surface area contributed by atoms with Gasteiger partial charge in [-0.15, -0.1) is 0 Å². The van der Waals surface area contributed by atoms with Gasteiger partial charge in [0.1, 0.15) is 6.54 Å². The van der Waals surface area contributed by atoms with E-state index < -0.39 is 0 Å². The van der Waals surface area contributed by atoms with E-state index in [0.717, 1.165) is 5.52 Å². The summed E-state index contributed by atoms with van der Waals surface area (Å²) in [5, 5.41) is 4.15. The maximum absolute atomic E-state index is 11.9. The van der Waals surface area contributed by atoms with Crippen molar-refractivity contribution in [1.82, 2.24) is 9.88 Å². The van der Waals surface area contributed by atoms with Gasteiger partial charge in [0, 0.05) is 17.3 Å². The molecule has 3 heteroatoms. The van der Waals surface area contributed by atoms with Crippen LogP contribution in [0.15, 0.2) is 30.5 Å². The number of amides is 1. The van der Waals surface area contributed by atoms with E-state index in [4.69, 9.17) is 0 Å². The summed E-state index contributed by atoms with van der Waals surface area (Å²) in [6, 6.07) is 8.32. The highest BCUT2D eigenvalue weighted by Gasteiger charge is 2.14. The summed E-state index contributed by atoms with van der Waals surface area (Å²) >= 11 is 0. The zero-order valence-corrected chi connectivity index (χ0v) is 11.4. The molecule has 1 aromatic heterocycles. The van der Waals surface area contributed by atoms with Crippen molar-refractivity contribution in [1.29, 1.82) is 0 Å². The first-order valence-corrected chi connectivity index (χ1v) is 6.22. The molecule has 0 atom stereocenters. The van der Waals surface area contributed by atoms with Gasteiger partial charge in [0.05, 0.1) is 0 Å². The minimum atomic E-state index is -0.185. The lowest BCUT2D eigenvalue weighted by molar-refractivity contribution is -0.123. The van der Waals surface area contributed by atoms with Gasteiger partial charge in [0.15, 0.2) is 0 Å². The Morgan fingerprint density at radius 3 is 2.67 bits per heavy atom. The summed E-state index contributed by atoms with van der Waals surface area (Å²) in [6.07, 6.45) is 1.96. The van der Waals surface area contributed by atoms with Crippen molar-refractivity contribution in [2.45, 2.75) is 39.8 Å². The van der Waals surface area contributed by atoms with Crippen LogP contribution in [0, 0.1) is 6.92 Å². The topological polar surface area (TPSA) is 34.0 Å². The number of nitrogens with one attached hydrogen (secondary N) is 1. The van der Waals surface area contributed by atoms with Gasteiger partial charge in [-0.1, -0.05) is 12.1 Å². The quantitative estimate of drug-likeness (QED) is 0.866. The fraction of sp³-hybridized carbons (Fsp3) is 0.400. The van der Waals surface area contributed by atoms with Crippen LogP contribution in [0.3, 0.4) is 0 Å². The molecule has 0 spiro atoms. The molecule has 1 heterocycles. The predicted molar refractivity (Wildman–Crippen MR) is 74.6 cm³/mol. The van der Waals surface area contributed by atoms with E-state index in [1.807, 2.05) is 37.6 Å². The highest BCUT2D eigenvalue weighted by atomic mass is 16.2. The van der Waals surface area contributed by atoms with Crippen molar-refractivity contribution >= 4 is 16.8 Å². The molecule has 2 rings (SSSR count). The van der Waals surface area contributed by atoms with Crippen LogP contribution in [-0.2, 0) is 11.3 Å². The maximum Gasteiger partial charge on any atom is 0.240 e. The summed E-state index contributed by atoms with van der Waals surface area (Å²) in [4.78, 5) is 11.9. The Hall–Kier alpha value is -1.77. The number of hydrogen-bond acceptors (Lipinski definition) is 1. The molecule has 0 bridgehead atoms. The normalized spacial score (nSPS) is 11.8. The second kappa shape index (κ2) is 4.48. The summed E-state index contributed by atoms with van der Waals surface area (Å²) in [5.74, 6) is 0.0431. The molecule has 0 saturated carbocycles. The van der Waals surface area contributed by atoms with Crippen LogP contribution >= 0.6 is 0 Å². The molecule has 0 aliphatic rings. The highest BCUT2D eigenvalue weighted by molar-refractivity contribution is 5.84. The molecule has 0 radical (unpaired) electrons. The van der Waals surface area contributed by atoms with Crippen LogP contribution in [0.5, 0.6) is 0 Å². The summed E-state index contributed by atoms with van der Waals surface area (Å²) in [5.41, 5.74) is 2.13. The zero-order chi connectivity index (χ0) is 13.3. The van der Waals surface area contributed by atoms with Crippen molar-refractivity contribution < 1.29 is 4.79 Å². The minimum absolute atomic E-state index is 0.0431. The standard InChI is InChI=1S/C15H20N2O/c1-11-5-6-12-7-8-17(13(12)9-11)10-14(18)16-15(2,3)4/h5-9H,10H2,1-4H3,(H,16,18). The molecule has 1 amide bonds. The summed E-state index contributed by atoms with van der Waals surface area (Å²) < 4.78 is 1.99. The summed E-state index contributed by atoms with van der Waals surface area (Å²) in [6.45, 7) is 8.39. The number of hydrogen-bond donors (Lipinski definition) is 1. The Bertz CT molecular complexity index is 576. The van der Waals surface area contributed by atoms with Crippen LogP contribution in [0.1, 0.15) is 26.3 Å². The van der Waals surface area contributed by atoms with E-state index in [0.29, 0.717) is 6.54 Å². The highest BCUT2D eigenvalue weighted by Crippen LogP contribution is 2.17. The number of carbonyl (C=O) groups is 1. The second-order valence-corrected chi connectivity index (χ2v) is 5.80. The Morgan fingerprint density at radius 2 is 2.00 bits per heavy atom. The van der Waals surface area contributed by atoms with Gasteiger partial charge in [-0.2, -0.15) is 0 Å².